The average molecular weight is 379 g/mol. The van der Waals surface area contributed by atoms with Gasteiger partial charge in [-0.3, -0.25) is 4.79 Å². The van der Waals surface area contributed by atoms with Crippen molar-refractivity contribution >= 4 is 46.2 Å². The molecule has 3 rings (SSSR count). The topological polar surface area (TPSA) is 58.6 Å². The van der Waals surface area contributed by atoms with E-state index in [1.807, 2.05) is 38.1 Å². The van der Waals surface area contributed by atoms with Crippen molar-refractivity contribution in [2.75, 3.05) is 23.4 Å². The van der Waals surface area contributed by atoms with Crippen molar-refractivity contribution in [3.63, 3.8) is 0 Å². The molecule has 1 N–H and O–H groups in total. The van der Waals surface area contributed by atoms with E-state index in [2.05, 4.69) is 5.32 Å². The Bertz CT molecular complexity index is 803. The van der Waals surface area contributed by atoms with Gasteiger partial charge in [-0.1, -0.05) is 23.7 Å². The third kappa shape index (κ3) is 3.80. The van der Waals surface area contributed by atoms with Gasteiger partial charge in [0.2, 0.25) is 0 Å². The van der Waals surface area contributed by atoms with Crippen LogP contribution in [0.5, 0.6) is 0 Å². The van der Waals surface area contributed by atoms with Crippen molar-refractivity contribution in [3.8, 4) is 0 Å². The Morgan fingerprint density at radius 1 is 1.28 bits per heavy atom. The smallest absolute Gasteiger partial charge is 0.348 e. The molecule has 1 aromatic heterocycles. The van der Waals surface area contributed by atoms with Crippen LogP contribution in [-0.4, -0.2) is 30.6 Å². The third-order valence-electron chi connectivity index (χ3n) is 3.96. The number of amides is 1. The number of esters is 1. The van der Waals surface area contributed by atoms with Gasteiger partial charge >= 0.3 is 5.97 Å². The minimum atomic E-state index is -0.668. The molecule has 0 atom stereocenters. The second-order valence-electron chi connectivity index (χ2n) is 6.32. The van der Waals surface area contributed by atoms with Crippen molar-refractivity contribution in [1.29, 1.82) is 0 Å². The van der Waals surface area contributed by atoms with Gasteiger partial charge in [-0.15, -0.1) is 11.3 Å². The van der Waals surface area contributed by atoms with E-state index in [1.165, 1.54) is 11.3 Å². The highest BCUT2D eigenvalue weighted by atomic mass is 35.5. The van der Waals surface area contributed by atoms with Crippen LogP contribution in [0.25, 0.3) is 0 Å². The number of nitrogens with zero attached hydrogens (tertiary/aromatic N) is 1. The molecule has 132 valence electrons. The summed E-state index contributed by atoms with van der Waals surface area (Å²) >= 11 is 7.01. The number of ether oxygens (including phenoxy) is 1. The maximum Gasteiger partial charge on any atom is 0.348 e. The normalized spacial score (nSPS) is 15.5. The molecule has 1 aliphatic heterocycles. The van der Waals surface area contributed by atoms with Crippen LogP contribution in [0.2, 0.25) is 4.34 Å². The number of halogens is 1. The molecule has 0 fully saturated rings. The molecule has 1 aromatic carbocycles. The lowest BCUT2D eigenvalue weighted by molar-refractivity contribution is -0.122. The van der Waals surface area contributed by atoms with E-state index in [4.69, 9.17) is 16.3 Å². The van der Waals surface area contributed by atoms with Crippen molar-refractivity contribution in [1.82, 2.24) is 0 Å². The molecule has 2 heterocycles. The maximum atomic E-state index is 12.7. The standard InChI is InChI=1S/C18H19ClN2O3S/c1-18(2)17(23)21(13-7-4-3-6-12(13)20-18)10-5-11-24-16(22)14-8-9-15(19)25-14/h3-4,6-9,20H,5,10-11H2,1-2H3. The lowest BCUT2D eigenvalue weighted by atomic mass is 9.98. The molecule has 0 saturated heterocycles. The molecule has 2 aromatic rings. The molecule has 0 saturated carbocycles. The highest BCUT2D eigenvalue weighted by Crippen LogP contribution is 2.35. The average Bonchev–Trinajstić information content (AvgIpc) is 3.00. The van der Waals surface area contributed by atoms with Crippen molar-refractivity contribution in [3.05, 3.63) is 45.6 Å². The molecule has 25 heavy (non-hydrogen) atoms. The zero-order valence-corrected chi connectivity index (χ0v) is 15.6. The number of para-hydroxylation sites is 2. The first-order valence-electron chi connectivity index (χ1n) is 8.00. The SMILES string of the molecule is CC1(C)Nc2ccccc2N(CCCOC(=O)c2ccc(Cl)s2)C1=O. The highest BCUT2D eigenvalue weighted by Gasteiger charge is 2.38. The van der Waals surface area contributed by atoms with E-state index >= 15 is 0 Å². The van der Waals surface area contributed by atoms with Gasteiger partial charge in [0.05, 0.1) is 22.3 Å². The first kappa shape index (κ1) is 17.8. The Labute approximate surface area is 155 Å². The van der Waals surface area contributed by atoms with Crippen LogP contribution in [0.15, 0.2) is 36.4 Å². The maximum absolute atomic E-state index is 12.7. The monoisotopic (exact) mass is 378 g/mol. The van der Waals surface area contributed by atoms with Crippen LogP contribution in [0.1, 0.15) is 29.9 Å². The molecule has 0 aliphatic carbocycles. The third-order valence-corrected chi connectivity index (χ3v) is 5.17. The Morgan fingerprint density at radius 2 is 2.04 bits per heavy atom. The molecule has 0 bridgehead atoms. The van der Waals surface area contributed by atoms with E-state index in [-0.39, 0.29) is 18.5 Å². The van der Waals surface area contributed by atoms with Gasteiger partial charge in [-0.25, -0.2) is 4.79 Å². The summed E-state index contributed by atoms with van der Waals surface area (Å²) in [5, 5.41) is 3.26. The summed E-state index contributed by atoms with van der Waals surface area (Å²) in [6, 6.07) is 11.0. The zero-order chi connectivity index (χ0) is 18.0. The van der Waals surface area contributed by atoms with E-state index in [9.17, 15) is 9.59 Å². The van der Waals surface area contributed by atoms with Crippen LogP contribution in [0.4, 0.5) is 11.4 Å². The fraction of sp³-hybridized carbons (Fsp3) is 0.333. The molecule has 0 spiro atoms. The van der Waals surface area contributed by atoms with Crippen molar-refractivity contribution in [2.45, 2.75) is 25.8 Å². The number of carbonyl (C=O) groups excluding carboxylic acids is 2. The number of thiophene rings is 1. The van der Waals surface area contributed by atoms with Crippen LogP contribution >= 0.6 is 22.9 Å². The zero-order valence-electron chi connectivity index (χ0n) is 14.0. The number of benzene rings is 1. The fourth-order valence-corrected chi connectivity index (χ4v) is 3.69. The largest absolute Gasteiger partial charge is 0.461 e. The second kappa shape index (κ2) is 7.06. The summed E-state index contributed by atoms with van der Waals surface area (Å²) in [5.41, 5.74) is 1.11. The van der Waals surface area contributed by atoms with Gasteiger partial charge in [0.1, 0.15) is 10.4 Å². The van der Waals surface area contributed by atoms with E-state index < -0.39 is 5.54 Å². The predicted molar refractivity (Wildman–Crippen MR) is 101 cm³/mol. The number of fused-ring (bicyclic) bond motifs is 1. The van der Waals surface area contributed by atoms with Gasteiger partial charge < -0.3 is 15.0 Å². The Balaban J connectivity index is 1.60. The molecule has 1 amide bonds. The number of hydrogen-bond donors (Lipinski definition) is 1. The van der Waals surface area contributed by atoms with Crippen LogP contribution in [-0.2, 0) is 9.53 Å². The molecular weight excluding hydrogens is 360 g/mol. The minimum Gasteiger partial charge on any atom is -0.461 e. The van der Waals surface area contributed by atoms with Gasteiger partial charge in [0.25, 0.3) is 5.91 Å². The summed E-state index contributed by atoms with van der Waals surface area (Å²) in [7, 11) is 0. The van der Waals surface area contributed by atoms with Crippen LogP contribution in [0.3, 0.4) is 0 Å². The summed E-state index contributed by atoms with van der Waals surface area (Å²) in [6.45, 7) is 4.45. The molecule has 5 nitrogen and oxygen atoms in total. The molecular formula is C18H19ClN2O3S. The predicted octanol–water partition coefficient (Wildman–Crippen LogP) is 4.19. The summed E-state index contributed by atoms with van der Waals surface area (Å²) < 4.78 is 5.82. The van der Waals surface area contributed by atoms with E-state index in [0.29, 0.717) is 22.2 Å². The molecule has 0 radical (unpaired) electrons. The molecule has 1 aliphatic rings. The Kier molecular flexibility index (Phi) is 5.01. The number of rotatable bonds is 5. The Morgan fingerprint density at radius 3 is 2.76 bits per heavy atom. The fourth-order valence-electron chi connectivity index (χ4n) is 2.76. The van der Waals surface area contributed by atoms with Gasteiger partial charge in [0, 0.05) is 6.54 Å². The number of nitrogens with one attached hydrogen (secondary N) is 1. The quantitative estimate of drug-likeness (QED) is 0.626. The number of hydrogen-bond acceptors (Lipinski definition) is 5. The van der Waals surface area contributed by atoms with Gasteiger partial charge in [-0.2, -0.15) is 0 Å². The van der Waals surface area contributed by atoms with Crippen molar-refractivity contribution < 1.29 is 14.3 Å². The summed E-state index contributed by atoms with van der Waals surface area (Å²) in [6.07, 6.45) is 0.557. The van der Waals surface area contributed by atoms with Gasteiger partial charge in [-0.05, 0) is 44.5 Å². The summed E-state index contributed by atoms with van der Waals surface area (Å²) in [4.78, 5) is 26.9. The lowest BCUT2D eigenvalue weighted by Crippen LogP contribution is -2.54. The molecule has 7 heteroatoms. The Hall–Kier alpha value is -2.05. The van der Waals surface area contributed by atoms with E-state index in [0.717, 1.165) is 11.4 Å². The second-order valence-corrected chi connectivity index (χ2v) is 8.03. The first-order valence-corrected chi connectivity index (χ1v) is 9.19. The van der Waals surface area contributed by atoms with Crippen molar-refractivity contribution in [2.24, 2.45) is 0 Å². The lowest BCUT2D eigenvalue weighted by Gasteiger charge is -2.39. The van der Waals surface area contributed by atoms with Crippen LogP contribution in [0, 0.1) is 0 Å². The minimum absolute atomic E-state index is 0.00238. The van der Waals surface area contributed by atoms with E-state index in [1.54, 1.807) is 17.0 Å². The first-order chi connectivity index (χ1) is 11.9. The summed E-state index contributed by atoms with van der Waals surface area (Å²) in [5.74, 6) is -0.383. The van der Waals surface area contributed by atoms with Gasteiger partial charge in [0.15, 0.2) is 0 Å². The number of carbonyl (C=O) groups is 2. The molecule has 0 unspecified atom stereocenters. The van der Waals surface area contributed by atoms with Crippen LogP contribution < -0.4 is 10.2 Å². The highest BCUT2D eigenvalue weighted by molar-refractivity contribution is 7.17. The number of anilines is 2.